The summed E-state index contributed by atoms with van der Waals surface area (Å²) in [7, 11) is 0. The van der Waals surface area contributed by atoms with E-state index in [0.717, 1.165) is 12.3 Å². The van der Waals surface area contributed by atoms with E-state index >= 15 is 0 Å². The lowest BCUT2D eigenvalue weighted by atomic mass is 9.45. The highest BCUT2D eigenvalue weighted by Crippen LogP contribution is 2.62. The predicted molar refractivity (Wildman–Crippen MR) is 91.1 cm³/mol. The van der Waals surface area contributed by atoms with Gasteiger partial charge in [-0.15, -0.1) is 0 Å². The van der Waals surface area contributed by atoms with Gasteiger partial charge in [0.25, 0.3) is 0 Å². The van der Waals surface area contributed by atoms with Crippen LogP contribution in [0.15, 0.2) is 23.8 Å². The highest BCUT2D eigenvalue weighted by atomic mass is 16.3. The van der Waals surface area contributed by atoms with Crippen LogP contribution in [0, 0.1) is 22.7 Å². The second-order valence-corrected chi connectivity index (χ2v) is 8.67. The van der Waals surface area contributed by atoms with Gasteiger partial charge in [0.2, 0.25) is 0 Å². The third-order valence-electron chi connectivity index (χ3n) is 6.60. The van der Waals surface area contributed by atoms with E-state index in [0.29, 0.717) is 5.41 Å². The third-order valence-corrected chi connectivity index (χ3v) is 6.60. The van der Waals surface area contributed by atoms with Gasteiger partial charge >= 0.3 is 0 Å². The van der Waals surface area contributed by atoms with Crippen LogP contribution < -0.4 is 0 Å². The molecule has 2 saturated carbocycles. The standard InChI is InChI=1S/C20H34O/c1-7-15(2)9-10-17-19(5)13-8-12-18(3,4)16(19)11-14-20(17,6)21/h7,9-10,16-17,21H,8,11-14H2,1-6H3/b10-9+,15-7-/t16?,17?,19-,20+/m1/s1. The average Bonchev–Trinajstić information content (AvgIpc) is 2.35. The van der Waals surface area contributed by atoms with Gasteiger partial charge in [0.1, 0.15) is 0 Å². The average molecular weight is 290 g/mol. The number of rotatable bonds is 2. The fourth-order valence-electron chi connectivity index (χ4n) is 5.33. The van der Waals surface area contributed by atoms with Crippen molar-refractivity contribution in [3.8, 4) is 0 Å². The molecule has 4 atom stereocenters. The van der Waals surface area contributed by atoms with E-state index in [9.17, 15) is 5.11 Å². The summed E-state index contributed by atoms with van der Waals surface area (Å²) in [6, 6.07) is 0. The van der Waals surface area contributed by atoms with Gasteiger partial charge in [0.05, 0.1) is 5.60 Å². The summed E-state index contributed by atoms with van der Waals surface area (Å²) in [5.41, 5.74) is 1.36. The van der Waals surface area contributed by atoms with Gasteiger partial charge in [0, 0.05) is 5.92 Å². The van der Waals surface area contributed by atoms with Crippen LogP contribution in [0.2, 0.25) is 0 Å². The summed E-state index contributed by atoms with van der Waals surface area (Å²) in [4.78, 5) is 0. The van der Waals surface area contributed by atoms with Crippen LogP contribution in [0.3, 0.4) is 0 Å². The lowest BCUT2D eigenvalue weighted by molar-refractivity contribution is -0.149. The fourth-order valence-corrected chi connectivity index (χ4v) is 5.33. The van der Waals surface area contributed by atoms with Crippen molar-refractivity contribution in [1.29, 1.82) is 0 Å². The van der Waals surface area contributed by atoms with E-state index in [4.69, 9.17) is 0 Å². The van der Waals surface area contributed by atoms with Crippen molar-refractivity contribution in [3.05, 3.63) is 23.8 Å². The molecule has 2 aliphatic carbocycles. The monoisotopic (exact) mass is 290 g/mol. The van der Waals surface area contributed by atoms with Crippen molar-refractivity contribution in [2.45, 2.75) is 79.2 Å². The maximum absolute atomic E-state index is 11.0. The summed E-state index contributed by atoms with van der Waals surface area (Å²) in [6.07, 6.45) is 12.6. The van der Waals surface area contributed by atoms with Gasteiger partial charge in [0.15, 0.2) is 0 Å². The molecule has 0 amide bonds. The first kappa shape index (κ1) is 16.8. The smallest absolute Gasteiger partial charge is 0.0687 e. The second-order valence-electron chi connectivity index (χ2n) is 8.67. The quantitative estimate of drug-likeness (QED) is 0.665. The van der Waals surface area contributed by atoms with Crippen LogP contribution in [-0.2, 0) is 0 Å². The second kappa shape index (κ2) is 5.57. The van der Waals surface area contributed by atoms with Crippen LogP contribution in [0.1, 0.15) is 73.6 Å². The summed E-state index contributed by atoms with van der Waals surface area (Å²) < 4.78 is 0. The van der Waals surface area contributed by atoms with E-state index in [1.807, 2.05) is 0 Å². The Bertz CT molecular complexity index is 441. The Balaban J connectivity index is 2.39. The highest BCUT2D eigenvalue weighted by molar-refractivity contribution is 5.21. The Morgan fingerprint density at radius 3 is 2.38 bits per heavy atom. The van der Waals surface area contributed by atoms with E-state index in [2.05, 4.69) is 59.8 Å². The molecule has 2 unspecified atom stereocenters. The van der Waals surface area contributed by atoms with Crippen molar-refractivity contribution in [3.63, 3.8) is 0 Å². The molecule has 0 spiro atoms. The van der Waals surface area contributed by atoms with Crippen LogP contribution in [0.5, 0.6) is 0 Å². The van der Waals surface area contributed by atoms with Crippen LogP contribution >= 0.6 is 0 Å². The molecule has 0 aromatic rings. The predicted octanol–water partition coefficient (Wildman–Crippen LogP) is 5.50. The zero-order chi connectivity index (χ0) is 15.9. The van der Waals surface area contributed by atoms with E-state index in [1.54, 1.807) is 0 Å². The van der Waals surface area contributed by atoms with Crippen molar-refractivity contribution in [2.24, 2.45) is 22.7 Å². The number of hydrogen-bond acceptors (Lipinski definition) is 1. The molecule has 2 rings (SSSR count). The lowest BCUT2D eigenvalue weighted by Gasteiger charge is -2.60. The Kier molecular flexibility index (Phi) is 4.46. The molecule has 0 heterocycles. The molecule has 0 aromatic carbocycles. The molecule has 120 valence electrons. The minimum Gasteiger partial charge on any atom is -0.390 e. The number of fused-ring (bicyclic) bond motifs is 1. The summed E-state index contributed by atoms with van der Waals surface area (Å²) in [6.45, 7) is 13.6. The minimum absolute atomic E-state index is 0.230. The first-order valence-corrected chi connectivity index (χ1v) is 8.67. The zero-order valence-electron chi connectivity index (χ0n) is 14.9. The maximum Gasteiger partial charge on any atom is 0.0687 e. The molecule has 0 aromatic heterocycles. The molecule has 0 radical (unpaired) electrons. The molecular formula is C20H34O. The Hall–Kier alpha value is -0.560. The summed E-state index contributed by atoms with van der Waals surface area (Å²) >= 11 is 0. The van der Waals surface area contributed by atoms with E-state index in [-0.39, 0.29) is 11.3 Å². The van der Waals surface area contributed by atoms with E-state index in [1.165, 1.54) is 31.3 Å². The number of hydrogen-bond donors (Lipinski definition) is 1. The Morgan fingerprint density at radius 2 is 1.76 bits per heavy atom. The van der Waals surface area contributed by atoms with Gasteiger partial charge < -0.3 is 5.11 Å². The van der Waals surface area contributed by atoms with Gasteiger partial charge in [-0.2, -0.15) is 0 Å². The molecule has 1 N–H and O–H groups in total. The number of allylic oxidation sites excluding steroid dienone is 3. The topological polar surface area (TPSA) is 20.2 Å². The van der Waals surface area contributed by atoms with Gasteiger partial charge in [-0.25, -0.2) is 0 Å². The molecule has 2 aliphatic rings. The third kappa shape index (κ3) is 2.99. The summed E-state index contributed by atoms with van der Waals surface area (Å²) in [5, 5.41) is 11.0. The van der Waals surface area contributed by atoms with Gasteiger partial charge in [-0.3, -0.25) is 0 Å². The van der Waals surface area contributed by atoms with Crippen molar-refractivity contribution >= 4 is 0 Å². The number of aliphatic hydroxyl groups is 1. The molecule has 0 aliphatic heterocycles. The van der Waals surface area contributed by atoms with Crippen molar-refractivity contribution in [1.82, 2.24) is 0 Å². The molecule has 0 saturated heterocycles. The SMILES string of the molecule is C/C=C(C)\C=C\C1[C@]2(C)CCCC(C)(C)C2CC[C@]1(C)O. The van der Waals surface area contributed by atoms with Crippen LogP contribution in [0.4, 0.5) is 0 Å². The Labute approximate surface area is 131 Å². The van der Waals surface area contributed by atoms with Crippen molar-refractivity contribution in [2.75, 3.05) is 0 Å². The largest absolute Gasteiger partial charge is 0.390 e. The van der Waals surface area contributed by atoms with Crippen LogP contribution in [0.25, 0.3) is 0 Å². The normalized spacial score (nSPS) is 43.9. The minimum atomic E-state index is -0.566. The summed E-state index contributed by atoms with van der Waals surface area (Å²) in [5.74, 6) is 0.984. The highest BCUT2D eigenvalue weighted by Gasteiger charge is 2.56. The van der Waals surface area contributed by atoms with Crippen LogP contribution in [-0.4, -0.2) is 10.7 Å². The molecule has 1 heteroatoms. The zero-order valence-corrected chi connectivity index (χ0v) is 14.9. The molecule has 21 heavy (non-hydrogen) atoms. The molecular weight excluding hydrogens is 256 g/mol. The van der Waals surface area contributed by atoms with Crippen molar-refractivity contribution < 1.29 is 5.11 Å². The van der Waals surface area contributed by atoms with Gasteiger partial charge in [-0.05, 0) is 63.2 Å². The fraction of sp³-hybridized carbons (Fsp3) is 0.800. The maximum atomic E-state index is 11.0. The Morgan fingerprint density at radius 1 is 1.10 bits per heavy atom. The molecule has 0 bridgehead atoms. The first-order chi connectivity index (χ1) is 9.63. The molecule has 1 nitrogen and oxygen atoms in total. The molecule has 2 fully saturated rings. The lowest BCUT2D eigenvalue weighted by Crippen LogP contribution is -2.56. The van der Waals surface area contributed by atoms with Gasteiger partial charge in [-0.1, -0.05) is 51.0 Å². The van der Waals surface area contributed by atoms with E-state index < -0.39 is 5.60 Å². The first-order valence-electron chi connectivity index (χ1n) is 8.67.